The van der Waals surface area contributed by atoms with E-state index in [9.17, 15) is 4.79 Å². The summed E-state index contributed by atoms with van der Waals surface area (Å²) in [5.74, 6) is -0.141. The van der Waals surface area contributed by atoms with Gasteiger partial charge in [0.2, 0.25) is 0 Å². The van der Waals surface area contributed by atoms with Crippen LogP contribution in [0.4, 0.5) is 0 Å². The quantitative estimate of drug-likeness (QED) is 0.365. The number of carbonyl (C=O) groups is 1. The van der Waals surface area contributed by atoms with Crippen LogP contribution in [-0.4, -0.2) is 51.7 Å². The molecule has 0 heterocycles. The van der Waals surface area contributed by atoms with E-state index in [1.807, 2.05) is 0 Å². The zero-order valence-corrected chi connectivity index (χ0v) is 14.1. The van der Waals surface area contributed by atoms with Crippen molar-refractivity contribution in [2.75, 3.05) is 40.1 Å². The van der Waals surface area contributed by atoms with Gasteiger partial charge in [-0.05, 0) is 33.1 Å². The highest BCUT2D eigenvalue weighted by Gasteiger charge is 2.14. The van der Waals surface area contributed by atoms with E-state index in [0.29, 0.717) is 39.5 Å². The van der Waals surface area contributed by atoms with Crippen LogP contribution in [0.15, 0.2) is 0 Å². The lowest BCUT2D eigenvalue weighted by Crippen LogP contribution is -2.25. The van der Waals surface area contributed by atoms with Crippen molar-refractivity contribution in [2.24, 2.45) is 0 Å². The maximum atomic E-state index is 10.9. The van der Waals surface area contributed by atoms with E-state index in [1.54, 1.807) is 0 Å². The molecule has 0 saturated heterocycles. The second-order valence-electron chi connectivity index (χ2n) is 5.57. The third-order valence-corrected chi connectivity index (χ3v) is 3.34. The molecule has 0 rings (SSSR count). The summed E-state index contributed by atoms with van der Waals surface area (Å²) in [5.41, 5.74) is -0.0654. The fourth-order valence-corrected chi connectivity index (χ4v) is 1.55. The average molecular weight is 304 g/mol. The van der Waals surface area contributed by atoms with Crippen molar-refractivity contribution < 1.29 is 23.7 Å². The Bertz CT molecular complexity index is 253. The molecule has 0 aromatic rings. The van der Waals surface area contributed by atoms with Gasteiger partial charge in [-0.2, -0.15) is 0 Å². The molecule has 0 aliphatic rings. The smallest absolute Gasteiger partial charge is 0.305 e. The zero-order chi connectivity index (χ0) is 16.0. The van der Waals surface area contributed by atoms with Gasteiger partial charge in [0.15, 0.2) is 0 Å². The van der Waals surface area contributed by atoms with E-state index in [2.05, 4.69) is 25.5 Å². The maximum absolute atomic E-state index is 10.9. The van der Waals surface area contributed by atoms with Gasteiger partial charge < -0.3 is 18.9 Å². The van der Waals surface area contributed by atoms with Gasteiger partial charge in [-0.1, -0.05) is 13.3 Å². The molecule has 5 heteroatoms. The fraction of sp³-hybridized carbons (Fsp3) is 0.938. The molecule has 21 heavy (non-hydrogen) atoms. The molecule has 0 amide bonds. The molecule has 0 N–H and O–H groups in total. The number of unbranched alkanes of at least 4 members (excludes halogenated alkanes) is 2. The standard InChI is InChI=1S/C16H32O5/c1-5-16(2,3)21-14-13-20-12-11-19-10-8-6-7-9-15(17)18-4/h5-14H2,1-4H3. The maximum Gasteiger partial charge on any atom is 0.305 e. The minimum absolute atomic E-state index is 0.0654. The summed E-state index contributed by atoms with van der Waals surface area (Å²) >= 11 is 0. The van der Waals surface area contributed by atoms with E-state index in [0.717, 1.165) is 25.7 Å². The van der Waals surface area contributed by atoms with Crippen molar-refractivity contribution >= 4 is 5.97 Å². The monoisotopic (exact) mass is 304 g/mol. The number of carbonyl (C=O) groups excluding carboxylic acids is 1. The second-order valence-corrected chi connectivity index (χ2v) is 5.57. The molecule has 0 aliphatic carbocycles. The normalized spacial score (nSPS) is 11.6. The van der Waals surface area contributed by atoms with Gasteiger partial charge in [0.05, 0.1) is 39.1 Å². The van der Waals surface area contributed by atoms with Crippen molar-refractivity contribution in [1.29, 1.82) is 0 Å². The zero-order valence-electron chi connectivity index (χ0n) is 14.1. The minimum Gasteiger partial charge on any atom is -0.469 e. The number of methoxy groups -OCH3 is 1. The van der Waals surface area contributed by atoms with Gasteiger partial charge in [0.25, 0.3) is 0 Å². The summed E-state index contributed by atoms with van der Waals surface area (Å²) in [7, 11) is 1.42. The SMILES string of the molecule is CCC(C)(C)OCCOCCOCCCCCC(=O)OC. The second kappa shape index (κ2) is 13.0. The Balaban J connectivity index is 3.14. The first-order valence-corrected chi connectivity index (χ1v) is 7.88. The van der Waals surface area contributed by atoms with Crippen LogP contribution in [0.1, 0.15) is 52.9 Å². The van der Waals surface area contributed by atoms with E-state index >= 15 is 0 Å². The van der Waals surface area contributed by atoms with Gasteiger partial charge in [-0.25, -0.2) is 0 Å². The fourth-order valence-electron chi connectivity index (χ4n) is 1.55. The molecule has 0 aromatic heterocycles. The van der Waals surface area contributed by atoms with Crippen LogP contribution in [0.2, 0.25) is 0 Å². The first kappa shape index (κ1) is 20.3. The molecule has 5 nitrogen and oxygen atoms in total. The lowest BCUT2D eigenvalue weighted by atomic mass is 10.1. The summed E-state index contributed by atoms with van der Waals surface area (Å²) < 4.78 is 21.1. The summed E-state index contributed by atoms with van der Waals surface area (Å²) in [6.45, 7) is 9.41. The van der Waals surface area contributed by atoms with Crippen LogP contribution in [0, 0.1) is 0 Å². The Hall–Kier alpha value is -0.650. The number of rotatable bonds is 14. The molecule has 0 saturated carbocycles. The van der Waals surface area contributed by atoms with Crippen LogP contribution in [0.25, 0.3) is 0 Å². The average Bonchev–Trinajstić information content (AvgIpc) is 2.48. The van der Waals surface area contributed by atoms with E-state index in [4.69, 9.17) is 14.2 Å². The molecule has 126 valence electrons. The summed E-state index contributed by atoms with van der Waals surface area (Å²) in [4.78, 5) is 10.9. The molecular weight excluding hydrogens is 272 g/mol. The molecule has 0 fully saturated rings. The van der Waals surface area contributed by atoms with Gasteiger partial charge >= 0.3 is 5.97 Å². The molecule has 0 bridgehead atoms. The number of ether oxygens (including phenoxy) is 4. The lowest BCUT2D eigenvalue weighted by Gasteiger charge is -2.23. The van der Waals surface area contributed by atoms with E-state index in [-0.39, 0.29) is 11.6 Å². The molecule has 0 aliphatic heterocycles. The first-order chi connectivity index (χ1) is 10.0. The van der Waals surface area contributed by atoms with Crippen LogP contribution in [-0.2, 0) is 23.7 Å². The first-order valence-electron chi connectivity index (χ1n) is 7.88. The van der Waals surface area contributed by atoms with Gasteiger partial charge in [0.1, 0.15) is 0 Å². The lowest BCUT2D eigenvalue weighted by molar-refractivity contribution is -0.140. The van der Waals surface area contributed by atoms with Gasteiger partial charge in [-0.3, -0.25) is 4.79 Å². The summed E-state index contributed by atoms with van der Waals surface area (Å²) in [5, 5.41) is 0. The summed E-state index contributed by atoms with van der Waals surface area (Å²) in [6, 6.07) is 0. The highest BCUT2D eigenvalue weighted by Crippen LogP contribution is 2.12. The van der Waals surface area contributed by atoms with Crippen molar-refractivity contribution in [1.82, 2.24) is 0 Å². The van der Waals surface area contributed by atoms with E-state index < -0.39 is 0 Å². The summed E-state index contributed by atoms with van der Waals surface area (Å²) in [6.07, 6.45) is 4.29. The Morgan fingerprint density at radius 3 is 2.14 bits per heavy atom. The third-order valence-electron chi connectivity index (χ3n) is 3.34. The highest BCUT2D eigenvalue weighted by atomic mass is 16.5. The third kappa shape index (κ3) is 14.1. The molecule has 0 spiro atoms. The van der Waals surface area contributed by atoms with Gasteiger partial charge in [-0.15, -0.1) is 0 Å². The highest BCUT2D eigenvalue weighted by molar-refractivity contribution is 5.68. The van der Waals surface area contributed by atoms with Gasteiger partial charge in [0, 0.05) is 13.0 Å². The Morgan fingerprint density at radius 1 is 0.905 bits per heavy atom. The molecule has 0 atom stereocenters. The minimum atomic E-state index is -0.141. The molecular formula is C16H32O5. The Morgan fingerprint density at radius 2 is 1.52 bits per heavy atom. The van der Waals surface area contributed by atoms with Crippen molar-refractivity contribution in [2.45, 2.75) is 58.5 Å². The predicted octanol–water partition coefficient (Wildman–Crippen LogP) is 2.96. The van der Waals surface area contributed by atoms with Crippen LogP contribution >= 0.6 is 0 Å². The molecule has 0 unspecified atom stereocenters. The van der Waals surface area contributed by atoms with E-state index in [1.165, 1.54) is 7.11 Å². The number of hydrogen-bond donors (Lipinski definition) is 0. The van der Waals surface area contributed by atoms with Crippen LogP contribution < -0.4 is 0 Å². The van der Waals surface area contributed by atoms with Crippen molar-refractivity contribution in [3.63, 3.8) is 0 Å². The molecule has 0 aromatic carbocycles. The largest absolute Gasteiger partial charge is 0.469 e. The van der Waals surface area contributed by atoms with Crippen LogP contribution in [0.3, 0.4) is 0 Å². The molecule has 0 radical (unpaired) electrons. The number of esters is 1. The van der Waals surface area contributed by atoms with Crippen LogP contribution in [0.5, 0.6) is 0 Å². The number of hydrogen-bond acceptors (Lipinski definition) is 5. The predicted molar refractivity (Wildman–Crippen MR) is 82.4 cm³/mol. The van der Waals surface area contributed by atoms with Crippen molar-refractivity contribution in [3.05, 3.63) is 0 Å². The topological polar surface area (TPSA) is 54.0 Å². The van der Waals surface area contributed by atoms with Crippen molar-refractivity contribution in [3.8, 4) is 0 Å². The Labute approximate surface area is 129 Å². The Kier molecular flexibility index (Phi) is 12.6.